The van der Waals surface area contributed by atoms with Gasteiger partial charge in [0, 0.05) is 6.20 Å². The van der Waals surface area contributed by atoms with Gasteiger partial charge in [-0.3, -0.25) is 4.40 Å². The highest BCUT2D eigenvalue weighted by Crippen LogP contribution is 2.18. The Balaban J connectivity index is 2.68. The fourth-order valence-electron chi connectivity index (χ4n) is 1.20. The third kappa shape index (κ3) is 1.31. The van der Waals surface area contributed by atoms with E-state index in [4.69, 9.17) is 5.26 Å². The van der Waals surface area contributed by atoms with Crippen molar-refractivity contribution in [2.75, 3.05) is 0 Å². The Kier molecular flexibility index (Phi) is 2.03. The van der Waals surface area contributed by atoms with Crippen molar-refractivity contribution in [3.63, 3.8) is 0 Å². The van der Waals surface area contributed by atoms with Gasteiger partial charge in [-0.15, -0.1) is 0 Å². The molecule has 0 amide bonds. The molecule has 2 aromatic rings. The van der Waals surface area contributed by atoms with Crippen LogP contribution in [0.3, 0.4) is 0 Å². The molecule has 0 aliphatic carbocycles. The van der Waals surface area contributed by atoms with Crippen LogP contribution in [0.2, 0.25) is 0 Å². The number of imidazole rings is 1. The van der Waals surface area contributed by atoms with Crippen molar-refractivity contribution < 1.29 is 0 Å². The number of fused-ring (bicyclic) bond motifs is 1. The van der Waals surface area contributed by atoms with Crippen LogP contribution in [0.25, 0.3) is 5.65 Å². The molecule has 0 aromatic carbocycles. The molecule has 2 aromatic heterocycles. The maximum atomic E-state index is 8.55. The van der Waals surface area contributed by atoms with E-state index in [1.54, 1.807) is 0 Å². The Labute approximate surface area is 83.8 Å². The Hall–Kier alpha value is -1.34. The van der Waals surface area contributed by atoms with E-state index in [0.717, 1.165) is 15.9 Å². The first-order valence-corrected chi connectivity index (χ1v) is 4.60. The predicted octanol–water partition coefficient (Wildman–Crippen LogP) is 2.16. The Morgan fingerprint density at radius 3 is 3.08 bits per heavy atom. The van der Waals surface area contributed by atoms with E-state index >= 15 is 0 Å². The molecule has 13 heavy (non-hydrogen) atoms. The molecule has 3 nitrogen and oxygen atoms in total. The first kappa shape index (κ1) is 8.27. The minimum atomic E-state index is 0.336. The minimum Gasteiger partial charge on any atom is -0.294 e. The Morgan fingerprint density at radius 1 is 1.54 bits per heavy atom. The first-order chi connectivity index (χ1) is 6.33. The molecule has 0 spiro atoms. The van der Waals surface area contributed by atoms with E-state index in [0.29, 0.717) is 6.42 Å². The molecule has 2 rings (SSSR count). The molecule has 64 valence electrons. The van der Waals surface area contributed by atoms with Gasteiger partial charge in [0.25, 0.3) is 0 Å². The third-order valence-corrected chi connectivity index (χ3v) is 2.62. The lowest BCUT2D eigenvalue weighted by Crippen LogP contribution is -1.83. The van der Waals surface area contributed by atoms with Crippen LogP contribution in [-0.2, 0) is 6.42 Å². The average Bonchev–Trinajstić information content (AvgIpc) is 2.46. The van der Waals surface area contributed by atoms with Gasteiger partial charge in [0.15, 0.2) is 0 Å². The molecule has 2 heterocycles. The predicted molar refractivity (Wildman–Crippen MR) is 52.2 cm³/mol. The quantitative estimate of drug-likeness (QED) is 0.761. The number of rotatable bonds is 1. The van der Waals surface area contributed by atoms with Crippen molar-refractivity contribution >= 4 is 21.6 Å². The lowest BCUT2D eigenvalue weighted by atomic mass is 10.4. The highest BCUT2D eigenvalue weighted by molar-refractivity contribution is 9.10. The van der Waals surface area contributed by atoms with E-state index in [9.17, 15) is 0 Å². The number of nitriles is 1. The fourth-order valence-corrected chi connectivity index (χ4v) is 1.73. The van der Waals surface area contributed by atoms with E-state index in [-0.39, 0.29) is 0 Å². The van der Waals surface area contributed by atoms with Gasteiger partial charge in [-0.2, -0.15) is 5.26 Å². The second kappa shape index (κ2) is 3.19. The number of nitrogens with zero attached hydrogens (tertiary/aromatic N) is 3. The summed E-state index contributed by atoms with van der Waals surface area (Å²) >= 11 is 3.40. The lowest BCUT2D eigenvalue weighted by Gasteiger charge is -1.91. The van der Waals surface area contributed by atoms with E-state index < -0.39 is 0 Å². The van der Waals surface area contributed by atoms with Crippen molar-refractivity contribution in [1.82, 2.24) is 9.38 Å². The first-order valence-electron chi connectivity index (χ1n) is 3.81. The van der Waals surface area contributed by atoms with E-state index in [2.05, 4.69) is 27.0 Å². The summed E-state index contributed by atoms with van der Waals surface area (Å²) in [5, 5.41) is 8.55. The van der Waals surface area contributed by atoms with Gasteiger partial charge in [-0.25, -0.2) is 4.98 Å². The van der Waals surface area contributed by atoms with Gasteiger partial charge in [-0.1, -0.05) is 6.07 Å². The largest absolute Gasteiger partial charge is 0.294 e. The lowest BCUT2D eigenvalue weighted by molar-refractivity contribution is 1.12. The molecule has 0 saturated heterocycles. The minimum absolute atomic E-state index is 0.336. The van der Waals surface area contributed by atoms with Crippen LogP contribution in [0.15, 0.2) is 29.0 Å². The van der Waals surface area contributed by atoms with Crippen molar-refractivity contribution in [3.05, 3.63) is 34.7 Å². The molecule has 0 N–H and O–H groups in total. The molecule has 0 atom stereocenters. The Bertz CT molecular complexity index is 481. The summed E-state index contributed by atoms with van der Waals surface area (Å²) < 4.78 is 2.77. The van der Waals surface area contributed by atoms with Gasteiger partial charge >= 0.3 is 0 Å². The molecule has 0 saturated carbocycles. The summed E-state index contributed by atoms with van der Waals surface area (Å²) in [6.07, 6.45) is 2.25. The van der Waals surface area contributed by atoms with Gasteiger partial charge < -0.3 is 0 Å². The van der Waals surface area contributed by atoms with Crippen LogP contribution in [-0.4, -0.2) is 9.38 Å². The standard InChI is InChI=1S/C9H6BrN3/c10-9-7(4-5-11)12-8-3-1-2-6-13(8)9/h1-3,6H,4H2. The van der Waals surface area contributed by atoms with Gasteiger partial charge in [0.1, 0.15) is 10.3 Å². The van der Waals surface area contributed by atoms with Crippen LogP contribution in [0.4, 0.5) is 0 Å². The molecule has 4 heteroatoms. The molecular weight excluding hydrogens is 230 g/mol. The van der Waals surface area contributed by atoms with Crippen molar-refractivity contribution in [2.24, 2.45) is 0 Å². The summed E-state index contributed by atoms with van der Waals surface area (Å²) in [5.41, 5.74) is 1.65. The number of hydrogen-bond acceptors (Lipinski definition) is 2. The Morgan fingerprint density at radius 2 is 2.38 bits per heavy atom. The number of hydrogen-bond donors (Lipinski definition) is 0. The third-order valence-electron chi connectivity index (χ3n) is 1.78. The molecule has 0 aliphatic heterocycles. The SMILES string of the molecule is N#CCc1nc2ccccn2c1Br. The summed E-state index contributed by atoms with van der Waals surface area (Å²) in [5.74, 6) is 0. The van der Waals surface area contributed by atoms with E-state index in [1.807, 2.05) is 28.8 Å². The number of aromatic nitrogens is 2. The zero-order valence-corrected chi connectivity index (χ0v) is 8.32. The number of halogens is 1. The highest BCUT2D eigenvalue weighted by Gasteiger charge is 2.07. The maximum absolute atomic E-state index is 8.55. The normalized spacial score (nSPS) is 10.2. The van der Waals surface area contributed by atoms with Gasteiger partial charge in [-0.05, 0) is 28.1 Å². The van der Waals surface area contributed by atoms with Crippen LogP contribution in [0.1, 0.15) is 5.69 Å². The summed E-state index contributed by atoms with van der Waals surface area (Å²) in [6.45, 7) is 0. The monoisotopic (exact) mass is 235 g/mol. The van der Waals surface area contributed by atoms with Crippen LogP contribution in [0.5, 0.6) is 0 Å². The highest BCUT2D eigenvalue weighted by atomic mass is 79.9. The van der Waals surface area contributed by atoms with Crippen molar-refractivity contribution in [2.45, 2.75) is 6.42 Å². The summed E-state index contributed by atoms with van der Waals surface area (Å²) in [7, 11) is 0. The van der Waals surface area contributed by atoms with Crippen LogP contribution in [0, 0.1) is 11.3 Å². The smallest absolute Gasteiger partial charge is 0.137 e. The van der Waals surface area contributed by atoms with Gasteiger partial charge in [0.05, 0.1) is 18.2 Å². The second-order valence-corrected chi connectivity index (χ2v) is 3.36. The van der Waals surface area contributed by atoms with Crippen molar-refractivity contribution in [1.29, 1.82) is 5.26 Å². The van der Waals surface area contributed by atoms with Crippen molar-refractivity contribution in [3.8, 4) is 6.07 Å². The average molecular weight is 236 g/mol. The van der Waals surface area contributed by atoms with Crippen LogP contribution < -0.4 is 0 Å². The zero-order chi connectivity index (χ0) is 9.26. The fraction of sp³-hybridized carbons (Fsp3) is 0.111. The molecule has 0 aliphatic rings. The molecule has 0 bridgehead atoms. The topological polar surface area (TPSA) is 41.1 Å². The van der Waals surface area contributed by atoms with Gasteiger partial charge in [0.2, 0.25) is 0 Å². The molecule has 0 fully saturated rings. The second-order valence-electron chi connectivity index (χ2n) is 2.61. The van der Waals surface area contributed by atoms with Crippen LogP contribution >= 0.6 is 15.9 Å². The zero-order valence-electron chi connectivity index (χ0n) is 6.74. The molecule has 0 radical (unpaired) electrons. The maximum Gasteiger partial charge on any atom is 0.137 e. The van der Waals surface area contributed by atoms with E-state index in [1.165, 1.54) is 0 Å². The number of pyridine rings is 1. The summed E-state index contributed by atoms with van der Waals surface area (Å²) in [4.78, 5) is 4.30. The molecule has 0 unspecified atom stereocenters. The summed E-state index contributed by atoms with van der Waals surface area (Å²) in [6, 6.07) is 7.84. The molecular formula is C9H6BrN3.